The van der Waals surface area contributed by atoms with Gasteiger partial charge in [-0.3, -0.25) is 19.2 Å². The summed E-state index contributed by atoms with van der Waals surface area (Å²) in [6.07, 6.45) is 1.72. The number of hydrogen-bond acceptors (Lipinski definition) is 9. The van der Waals surface area contributed by atoms with E-state index < -0.39 is 60.2 Å². The molecule has 0 bridgehead atoms. The molecule has 2 aromatic carbocycles. The largest absolute Gasteiger partial charge is 0.508 e. The summed E-state index contributed by atoms with van der Waals surface area (Å²) in [5.74, 6) is -5.30. The van der Waals surface area contributed by atoms with Gasteiger partial charge in [0.2, 0.25) is 17.7 Å². The second-order valence-corrected chi connectivity index (χ2v) is 9.75. The lowest BCUT2D eigenvalue weighted by molar-refractivity contribution is -0.142. The number of carbonyl (C=O) groups is 5. The molecule has 43 heavy (non-hydrogen) atoms. The molecule has 1 aromatic heterocycles. The summed E-state index contributed by atoms with van der Waals surface area (Å²) in [5, 5.41) is 45.2. The van der Waals surface area contributed by atoms with Crippen molar-refractivity contribution in [1.29, 1.82) is 0 Å². The maximum Gasteiger partial charge on any atom is 0.326 e. The Kier molecular flexibility index (Phi) is 11.2. The molecule has 1 heterocycles. The number of carboxylic acids is 2. The van der Waals surface area contributed by atoms with Gasteiger partial charge in [0.1, 0.15) is 29.6 Å². The Bertz CT molecular complexity index is 1410. The minimum absolute atomic E-state index is 0.0140. The summed E-state index contributed by atoms with van der Waals surface area (Å²) in [5.41, 5.74) is 7.15. The molecule has 0 aliphatic rings. The van der Waals surface area contributed by atoms with Crippen LogP contribution in [0.5, 0.6) is 11.5 Å². The fourth-order valence-electron chi connectivity index (χ4n) is 4.07. The number of aliphatic carboxylic acids is 2. The molecule has 0 spiro atoms. The molecule has 15 heteroatoms. The van der Waals surface area contributed by atoms with Crippen LogP contribution in [0.3, 0.4) is 0 Å². The molecule has 3 aromatic rings. The van der Waals surface area contributed by atoms with Gasteiger partial charge in [0.15, 0.2) is 0 Å². The van der Waals surface area contributed by atoms with Crippen molar-refractivity contribution in [3.8, 4) is 11.5 Å². The van der Waals surface area contributed by atoms with Crippen LogP contribution in [0, 0.1) is 0 Å². The second kappa shape index (κ2) is 15.0. The molecule has 4 unspecified atom stereocenters. The smallest absolute Gasteiger partial charge is 0.326 e. The highest BCUT2D eigenvalue weighted by atomic mass is 16.4. The van der Waals surface area contributed by atoms with Gasteiger partial charge in [0.05, 0.1) is 18.8 Å². The van der Waals surface area contributed by atoms with Crippen LogP contribution in [-0.2, 0) is 43.2 Å². The Morgan fingerprint density at radius 3 is 1.65 bits per heavy atom. The van der Waals surface area contributed by atoms with Crippen LogP contribution in [0.2, 0.25) is 0 Å². The van der Waals surface area contributed by atoms with Gasteiger partial charge in [-0.05, 0) is 35.4 Å². The number of imidazole rings is 1. The van der Waals surface area contributed by atoms with Gasteiger partial charge in [-0.1, -0.05) is 24.3 Å². The molecular formula is C28H32N6O9. The van der Waals surface area contributed by atoms with Crippen molar-refractivity contribution in [2.24, 2.45) is 5.73 Å². The van der Waals surface area contributed by atoms with Crippen molar-refractivity contribution in [2.45, 2.75) is 49.9 Å². The first-order chi connectivity index (χ1) is 20.4. The Hall–Kier alpha value is -5.44. The standard InChI is InChI=1S/C28H32N6O9/c29-20(12-24(37)38)25(39)32-21(9-15-1-5-18(35)6-2-15)26(40)33-22(11-17-13-30-14-31-17)27(41)34-23(28(42)43)10-16-3-7-19(36)8-4-16/h1-8,13-14,20-23,35-36H,9-12,29H2,(H,30,31)(H,32,39)(H,33,40)(H,34,41)(H,37,38)(H,42,43). The van der Waals surface area contributed by atoms with Crippen molar-refractivity contribution in [3.63, 3.8) is 0 Å². The Morgan fingerprint density at radius 2 is 1.19 bits per heavy atom. The third-order valence-corrected chi connectivity index (χ3v) is 6.34. The summed E-state index contributed by atoms with van der Waals surface area (Å²) < 4.78 is 0. The first-order valence-corrected chi connectivity index (χ1v) is 13.1. The Balaban J connectivity index is 1.83. The van der Waals surface area contributed by atoms with Crippen LogP contribution in [0.25, 0.3) is 0 Å². The number of aromatic amines is 1. The average Bonchev–Trinajstić information content (AvgIpc) is 3.47. The molecule has 0 radical (unpaired) electrons. The van der Waals surface area contributed by atoms with E-state index in [0.717, 1.165) is 0 Å². The fourth-order valence-corrected chi connectivity index (χ4v) is 4.07. The van der Waals surface area contributed by atoms with Crippen LogP contribution < -0.4 is 21.7 Å². The molecule has 15 nitrogen and oxygen atoms in total. The average molecular weight is 597 g/mol. The molecular weight excluding hydrogens is 564 g/mol. The minimum Gasteiger partial charge on any atom is -0.508 e. The predicted octanol–water partition coefficient (Wildman–Crippen LogP) is -0.810. The van der Waals surface area contributed by atoms with Gasteiger partial charge >= 0.3 is 11.9 Å². The van der Waals surface area contributed by atoms with Gasteiger partial charge in [0, 0.05) is 31.2 Å². The quantitative estimate of drug-likeness (QED) is 0.105. The van der Waals surface area contributed by atoms with Crippen LogP contribution in [-0.4, -0.2) is 84.2 Å². The Labute approximate surface area is 245 Å². The lowest BCUT2D eigenvalue weighted by atomic mass is 10.0. The number of carbonyl (C=O) groups excluding carboxylic acids is 3. The topological polar surface area (TPSA) is 257 Å². The van der Waals surface area contributed by atoms with Crippen molar-refractivity contribution in [1.82, 2.24) is 25.9 Å². The number of phenols is 2. The number of phenolic OH excluding ortho intramolecular Hbond substituents is 2. The molecule has 4 atom stereocenters. The van der Waals surface area contributed by atoms with Gasteiger partial charge in [0.25, 0.3) is 0 Å². The van der Waals surface area contributed by atoms with Gasteiger partial charge in [-0.2, -0.15) is 0 Å². The van der Waals surface area contributed by atoms with E-state index in [2.05, 4.69) is 25.9 Å². The summed E-state index contributed by atoms with van der Waals surface area (Å²) in [6, 6.07) is 6.01. The molecule has 0 saturated heterocycles. The summed E-state index contributed by atoms with van der Waals surface area (Å²) in [6.45, 7) is 0. The molecule has 0 saturated carbocycles. The zero-order valence-electron chi connectivity index (χ0n) is 22.8. The molecule has 228 valence electrons. The van der Waals surface area contributed by atoms with E-state index in [4.69, 9.17) is 10.8 Å². The lowest BCUT2D eigenvalue weighted by Gasteiger charge is -2.25. The zero-order valence-corrected chi connectivity index (χ0v) is 22.8. The zero-order chi connectivity index (χ0) is 31.5. The van der Waals surface area contributed by atoms with E-state index >= 15 is 0 Å². The van der Waals surface area contributed by atoms with Gasteiger partial charge in [-0.25, -0.2) is 9.78 Å². The van der Waals surface area contributed by atoms with E-state index in [1.807, 2.05) is 0 Å². The van der Waals surface area contributed by atoms with E-state index in [-0.39, 0.29) is 30.8 Å². The van der Waals surface area contributed by atoms with E-state index in [1.54, 1.807) is 0 Å². The minimum atomic E-state index is -1.46. The van der Waals surface area contributed by atoms with Crippen LogP contribution in [0.1, 0.15) is 23.2 Å². The molecule has 3 amide bonds. The van der Waals surface area contributed by atoms with Crippen molar-refractivity contribution in [3.05, 3.63) is 77.9 Å². The van der Waals surface area contributed by atoms with Crippen molar-refractivity contribution < 1.29 is 44.4 Å². The monoisotopic (exact) mass is 596 g/mol. The number of rotatable bonds is 15. The maximum absolute atomic E-state index is 13.5. The number of hydrogen-bond donors (Lipinski definition) is 9. The third-order valence-electron chi connectivity index (χ3n) is 6.34. The number of aromatic hydroxyl groups is 2. The van der Waals surface area contributed by atoms with E-state index in [9.17, 15) is 39.3 Å². The molecule has 10 N–H and O–H groups in total. The van der Waals surface area contributed by atoms with E-state index in [1.165, 1.54) is 61.1 Å². The molecule has 0 aliphatic heterocycles. The van der Waals surface area contributed by atoms with E-state index in [0.29, 0.717) is 16.8 Å². The van der Waals surface area contributed by atoms with Crippen LogP contribution in [0.4, 0.5) is 0 Å². The molecule has 0 aliphatic carbocycles. The SMILES string of the molecule is NC(CC(=O)O)C(=O)NC(Cc1ccc(O)cc1)C(=O)NC(Cc1cnc[nH]1)C(=O)NC(Cc1ccc(O)cc1)C(=O)O. The normalized spacial score (nSPS) is 13.6. The fraction of sp³-hybridized carbons (Fsp3) is 0.286. The first-order valence-electron chi connectivity index (χ1n) is 13.1. The summed E-state index contributed by atoms with van der Waals surface area (Å²) in [7, 11) is 0. The Morgan fingerprint density at radius 1 is 0.721 bits per heavy atom. The highest BCUT2D eigenvalue weighted by Gasteiger charge is 2.31. The predicted molar refractivity (Wildman–Crippen MR) is 150 cm³/mol. The number of nitrogens with two attached hydrogens (primary N) is 1. The maximum atomic E-state index is 13.5. The number of carboxylic acid groups (broad SMARTS) is 2. The number of nitrogens with zero attached hydrogens (tertiary/aromatic N) is 1. The van der Waals surface area contributed by atoms with Crippen LogP contribution in [0.15, 0.2) is 61.1 Å². The third kappa shape index (κ3) is 10.2. The van der Waals surface area contributed by atoms with Crippen molar-refractivity contribution in [2.75, 3.05) is 0 Å². The summed E-state index contributed by atoms with van der Waals surface area (Å²) in [4.78, 5) is 69.2. The summed E-state index contributed by atoms with van der Waals surface area (Å²) >= 11 is 0. The van der Waals surface area contributed by atoms with Gasteiger partial charge < -0.3 is 47.1 Å². The highest BCUT2D eigenvalue weighted by Crippen LogP contribution is 2.14. The number of benzene rings is 2. The first kappa shape index (κ1) is 32.1. The number of H-pyrrole nitrogens is 1. The lowest BCUT2D eigenvalue weighted by Crippen LogP contribution is -2.58. The number of aromatic nitrogens is 2. The second-order valence-electron chi connectivity index (χ2n) is 9.75. The van der Waals surface area contributed by atoms with Gasteiger partial charge in [-0.15, -0.1) is 0 Å². The molecule has 3 rings (SSSR count). The van der Waals surface area contributed by atoms with Crippen LogP contribution >= 0.6 is 0 Å². The van der Waals surface area contributed by atoms with Crippen molar-refractivity contribution >= 4 is 29.7 Å². The number of nitrogens with one attached hydrogen (secondary N) is 4. The number of amides is 3. The molecule has 0 fully saturated rings. The highest BCUT2D eigenvalue weighted by molar-refractivity contribution is 5.95.